The van der Waals surface area contributed by atoms with Gasteiger partial charge < -0.3 is 15.5 Å². The molecule has 2 aromatic carbocycles. The van der Waals surface area contributed by atoms with Crippen LogP contribution < -0.4 is 10.6 Å². The maximum Gasteiger partial charge on any atom is 0.224 e. The summed E-state index contributed by atoms with van der Waals surface area (Å²) < 4.78 is 0.939. The van der Waals surface area contributed by atoms with Gasteiger partial charge in [-0.1, -0.05) is 48.0 Å². The minimum atomic E-state index is -0.597. The largest absolute Gasteiger partial charge is 0.359 e. The number of fused-ring (bicyclic) bond motifs is 1. The number of halogens is 1. The average Bonchev–Trinajstić information content (AvgIpc) is 3.28. The van der Waals surface area contributed by atoms with Crippen LogP contribution in [-0.2, 0) is 27.2 Å². The molecule has 7 nitrogen and oxygen atoms in total. The molecule has 202 valence electrons. The van der Waals surface area contributed by atoms with Crippen molar-refractivity contribution in [3.63, 3.8) is 0 Å². The molecule has 3 aromatic rings. The summed E-state index contributed by atoms with van der Waals surface area (Å²) in [4.78, 5) is 44.9. The Bertz CT molecular complexity index is 1260. The van der Waals surface area contributed by atoms with E-state index in [9.17, 15) is 14.4 Å². The predicted octanol–water partition coefficient (Wildman–Crippen LogP) is 4.44. The maximum absolute atomic E-state index is 13.5. The van der Waals surface area contributed by atoms with Gasteiger partial charge in [-0.15, -0.1) is 11.3 Å². The highest BCUT2D eigenvalue weighted by Gasteiger charge is 2.26. The number of hydrogen-bond donors (Lipinski definition) is 2. The van der Waals surface area contributed by atoms with Crippen LogP contribution in [0.25, 0.3) is 10.2 Å². The van der Waals surface area contributed by atoms with Crippen LogP contribution in [0.4, 0.5) is 0 Å². The number of carbonyl (C=O) groups excluding carboxylic acids is 3. The molecule has 0 bridgehead atoms. The van der Waals surface area contributed by atoms with Crippen molar-refractivity contribution in [3.8, 4) is 0 Å². The average molecular weight is 555 g/mol. The van der Waals surface area contributed by atoms with Crippen LogP contribution >= 0.6 is 22.9 Å². The van der Waals surface area contributed by atoms with E-state index in [4.69, 9.17) is 11.6 Å². The fourth-order valence-electron chi connectivity index (χ4n) is 4.07. The lowest BCUT2D eigenvalue weighted by atomic mass is 9.96. The molecule has 0 saturated carbocycles. The van der Waals surface area contributed by atoms with Crippen LogP contribution in [0.3, 0.4) is 0 Å². The first-order chi connectivity index (χ1) is 18.2. The summed E-state index contributed by atoms with van der Waals surface area (Å²) in [5.41, 5.74) is 1.88. The Balaban J connectivity index is 1.74. The molecule has 9 heteroatoms. The number of likely N-dealkylation sites (N-methyl/N-ethyl adjacent to an activating group) is 1. The molecule has 0 saturated heterocycles. The van der Waals surface area contributed by atoms with E-state index in [1.54, 1.807) is 19.2 Å². The van der Waals surface area contributed by atoms with E-state index in [1.165, 1.54) is 11.3 Å². The van der Waals surface area contributed by atoms with E-state index in [0.717, 1.165) is 20.8 Å². The van der Waals surface area contributed by atoms with Crippen molar-refractivity contribution in [3.05, 3.63) is 76.3 Å². The number of carbonyl (C=O) groups is 3. The zero-order chi connectivity index (χ0) is 27.5. The van der Waals surface area contributed by atoms with Gasteiger partial charge in [0, 0.05) is 43.9 Å². The number of aromatic nitrogens is 1. The second kappa shape index (κ2) is 14.8. The molecule has 0 aliphatic heterocycles. The molecule has 2 N–H and O–H groups in total. The molecule has 0 aliphatic carbocycles. The first-order valence-electron chi connectivity index (χ1n) is 12.7. The van der Waals surface area contributed by atoms with E-state index in [0.29, 0.717) is 37.3 Å². The normalized spacial score (nSPS) is 13.1. The number of ketones is 1. The molecule has 3 rings (SSSR count). The van der Waals surface area contributed by atoms with Crippen LogP contribution in [0.2, 0.25) is 5.02 Å². The summed E-state index contributed by atoms with van der Waals surface area (Å²) in [5, 5.41) is 7.16. The number of nitrogens with zero attached hydrogens (tertiary/aromatic N) is 2. The van der Waals surface area contributed by atoms with Crippen LogP contribution in [0.1, 0.15) is 29.8 Å². The van der Waals surface area contributed by atoms with Gasteiger partial charge in [0.25, 0.3) is 0 Å². The summed E-state index contributed by atoms with van der Waals surface area (Å²) in [6.45, 7) is 0.690. The lowest BCUT2D eigenvalue weighted by Crippen LogP contribution is -2.42. The smallest absolute Gasteiger partial charge is 0.224 e. The second-order valence-electron chi connectivity index (χ2n) is 9.56. The van der Waals surface area contributed by atoms with Crippen molar-refractivity contribution in [1.82, 2.24) is 20.5 Å². The molecular weight excluding hydrogens is 520 g/mol. The van der Waals surface area contributed by atoms with Crippen molar-refractivity contribution in [1.29, 1.82) is 0 Å². The van der Waals surface area contributed by atoms with E-state index >= 15 is 0 Å². The number of benzene rings is 2. The fourth-order valence-corrected chi connectivity index (χ4v) is 5.39. The van der Waals surface area contributed by atoms with Gasteiger partial charge in [-0.05, 0) is 56.8 Å². The Labute approximate surface area is 233 Å². The van der Waals surface area contributed by atoms with Gasteiger partial charge in [0.05, 0.1) is 21.1 Å². The zero-order valence-electron chi connectivity index (χ0n) is 22.1. The number of allylic oxidation sites excluding steroid dienone is 1. The summed E-state index contributed by atoms with van der Waals surface area (Å²) in [5.74, 6) is -1.01. The third-order valence-corrected chi connectivity index (χ3v) is 7.36. The van der Waals surface area contributed by atoms with Crippen molar-refractivity contribution < 1.29 is 14.4 Å². The van der Waals surface area contributed by atoms with Gasteiger partial charge in [0.1, 0.15) is 0 Å². The second-order valence-corrected chi connectivity index (χ2v) is 11.1. The van der Waals surface area contributed by atoms with Crippen LogP contribution in [0.5, 0.6) is 0 Å². The Morgan fingerprint density at radius 3 is 2.58 bits per heavy atom. The maximum atomic E-state index is 13.5. The lowest BCUT2D eigenvalue weighted by molar-refractivity contribution is -0.130. The summed E-state index contributed by atoms with van der Waals surface area (Å²) in [6, 6.07) is 15.1. The number of rotatable bonds is 14. The Hall–Kier alpha value is -3.07. The van der Waals surface area contributed by atoms with Gasteiger partial charge >= 0.3 is 0 Å². The fraction of sp³-hybridized carbons (Fsp3) is 0.379. The first kappa shape index (κ1) is 29.5. The van der Waals surface area contributed by atoms with Gasteiger partial charge in [-0.3, -0.25) is 14.4 Å². The highest BCUT2D eigenvalue weighted by Crippen LogP contribution is 2.27. The third kappa shape index (κ3) is 9.67. The zero-order valence-corrected chi connectivity index (χ0v) is 23.6. The van der Waals surface area contributed by atoms with Crippen molar-refractivity contribution >= 4 is 50.8 Å². The highest BCUT2D eigenvalue weighted by molar-refractivity contribution is 7.18. The third-order valence-electron chi connectivity index (χ3n) is 6.08. The number of hydrogen-bond acceptors (Lipinski definition) is 6. The molecule has 0 fully saturated rings. The molecule has 0 aliphatic rings. The summed E-state index contributed by atoms with van der Waals surface area (Å²) >= 11 is 7.59. The van der Waals surface area contributed by atoms with Crippen LogP contribution in [0, 0.1) is 5.92 Å². The quantitative estimate of drug-likeness (QED) is 0.287. The molecule has 0 unspecified atom stereocenters. The first-order valence-corrected chi connectivity index (χ1v) is 13.9. The van der Waals surface area contributed by atoms with Crippen molar-refractivity contribution in [2.45, 2.75) is 38.1 Å². The molecule has 2 atom stereocenters. The molecule has 1 heterocycles. The molecule has 0 radical (unpaired) electrons. The van der Waals surface area contributed by atoms with Crippen LogP contribution in [0.15, 0.2) is 60.7 Å². The molecule has 1 aromatic heterocycles. The minimum Gasteiger partial charge on any atom is -0.359 e. The van der Waals surface area contributed by atoms with Gasteiger partial charge in [-0.25, -0.2) is 4.98 Å². The summed E-state index contributed by atoms with van der Waals surface area (Å²) in [7, 11) is 5.45. The Morgan fingerprint density at radius 2 is 1.87 bits per heavy atom. The standard InChI is InChI=1S/C29H35ClN4O3S/c1-31-27(36)17-21(18-28-33-25-14-11-22(30)19-26(25)38-28)29(37)32-23(16-20-8-5-4-6-9-20)12-13-24(35)10-7-15-34(2)3/h4-11,14,19,21,23H,12-13,15-18H2,1-3H3,(H,31,36)(H,32,37)/b10-7+/t21-,23+/m0/s1. The van der Waals surface area contributed by atoms with Gasteiger partial charge in [0.15, 0.2) is 5.78 Å². The predicted molar refractivity (Wildman–Crippen MR) is 155 cm³/mol. The topological polar surface area (TPSA) is 91.4 Å². The Kier molecular flexibility index (Phi) is 11.5. The van der Waals surface area contributed by atoms with Gasteiger partial charge in [0.2, 0.25) is 11.8 Å². The molecule has 38 heavy (non-hydrogen) atoms. The van der Waals surface area contributed by atoms with Crippen molar-refractivity contribution in [2.24, 2.45) is 5.92 Å². The molecule has 0 spiro atoms. The SMILES string of the molecule is CNC(=O)C[C@@H](Cc1nc2ccc(Cl)cc2s1)C(=O)N[C@H](CCC(=O)/C=C/CN(C)C)Cc1ccccc1. The number of nitrogens with one attached hydrogen (secondary N) is 2. The lowest BCUT2D eigenvalue weighted by Gasteiger charge is -2.22. The van der Waals surface area contributed by atoms with E-state index in [1.807, 2.05) is 67.5 Å². The Morgan fingerprint density at radius 1 is 1.11 bits per heavy atom. The highest BCUT2D eigenvalue weighted by atomic mass is 35.5. The van der Waals surface area contributed by atoms with Crippen molar-refractivity contribution in [2.75, 3.05) is 27.7 Å². The monoisotopic (exact) mass is 554 g/mol. The number of thiazole rings is 1. The van der Waals surface area contributed by atoms with Crippen LogP contribution in [-0.4, -0.2) is 61.2 Å². The number of amides is 2. The van der Waals surface area contributed by atoms with E-state index in [-0.39, 0.29) is 30.1 Å². The summed E-state index contributed by atoms with van der Waals surface area (Å²) in [6.07, 6.45) is 5.24. The van der Waals surface area contributed by atoms with E-state index < -0.39 is 5.92 Å². The molecular formula is C29H35ClN4O3S. The van der Waals surface area contributed by atoms with Gasteiger partial charge in [-0.2, -0.15) is 0 Å². The minimum absolute atomic E-state index is 0.0224. The molecule has 2 amide bonds. The van der Waals surface area contributed by atoms with E-state index in [2.05, 4.69) is 15.6 Å².